The van der Waals surface area contributed by atoms with Gasteiger partial charge in [0.1, 0.15) is 0 Å². The Morgan fingerprint density at radius 2 is 2.57 bits per heavy atom. The van der Waals surface area contributed by atoms with Gasteiger partial charge in [0.25, 0.3) is 0 Å². The predicted molar refractivity (Wildman–Crippen MR) is 59.7 cm³/mol. The summed E-state index contributed by atoms with van der Waals surface area (Å²) in [6.07, 6.45) is 3.09. The van der Waals surface area contributed by atoms with Gasteiger partial charge in [-0.05, 0) is 37.8 Å². The maximum absolute atomic E-state index is 5.98. The van der Waals surface area contributed by atoms with Gasteiger partial charge < -0.3 is 10.1 Å². The van der Waals surface area contributed by atoms with Crippen LogP contribution in [0.1, 0.15) is 30.7 Å². The summed E-state index contributed by atoms with van der Waals surface area (Å²) in [6.45, 7) is 4.30. The Labute approximate surface area is 89.3 Å². The first kappa shape index (κ1) is 10.1. The van der Waals surface area contributed by atoms with Crippen LogP contribution in [-0.2, 0) is 4.74 Å². The van der Waals surface area contributed by atoms with E-state index in [4.69, 9.17) is 4.74 Å². The van der Waals surface area contributed by atoms with Gasteiger partial charge >= 0.3 is 0 Å². The fourth-order valence-electron chi connectivity index (χ4n) is 1.81. The van der Waals surface area contributed by atoms with E-state index >= 15 is 0 Å². The number of piperidine rings is 1. The number of nitrogens with one attached hydrogen (secondary N) is 1. The van der Waals surface area contributed by atoms with E-state index in [-0.39, 0.29) is 6.10 Å². The van der Waals surface area contributed by atoms with Gasteiger partial charge in [0.05, 0.1) is 12.2 Å². The number of hydrogen-bond donors (Lipinski definition) is 1. The van der Waals surface area contributed by atoms with E-state index in [1.165, 1.54) is 17.7 Å². The van der Waals surface area contributed by atoms with Crippen LogP contribution in [0.4, 0.5) is 0 Å². The van der Waals surface area contributed by atoms with Crippen molar-refractivity contribution < 1.29 is 4.74 Å². The number of rotatable bonds is 3. The molecule has 1 aliphatic rings. The molecule has 2 rings (SSSR count). The van der Waals surface area contributed by atoms with Gasteiger partial charge in [0, 0.05) is 11.4 Å². The summed E-state index contributed by atoms with van der Waals surface area (Å²) < 4.78 is 5.98. The lowest BCUT2D eigenvalue weighted by Crippen LogP contribution is -2.35. The fraction of sp³-hybridized carbons (Fsp3) is 0.636. The van der Waals surface area contributed by atoms with Crippen molar-refractivity contribution >= 4 is 11.3 Å². The Morgan fingerprint density at radius 1 is 1.64 bits per heavy atom. The lowest BCUT2D eigenvalue weighted by molar-refractivity contribution is -0.0133. The van der Waals surface area contributed by atoms with Crippen LogP contribution in [0, 0.1) is 0 Å². The van der Waals surface area contributed by atoms with E-state index in [9.17, 15) is 0 Å². The fourth-order valence-corrected chi connectivity index (χ4v) is 2.53. The molecule has 2 heterocycles. The topological polar surface area (TPSA) is 21.3 Å². The largest absolute Gasteiger partial charge is 0.368 e. The van der Waals surface area contributed by atoms with E-state index in [1.807, 2.05) is 0 Å². The molecule has 14 heavy (non-hydrogen) atoms. The maximum atomic E-state index is 5.98. The molecule has 0 aliphatic carbocycles. The lowest BCUT2D eigenvalue weighted by Gasteiger charge is -2.26. The van der Waals surface area contributed by atoms with Gasteiger partial charge in [0.15, 0.2) is 0 Å². The summed E-state index contributed by atoms with van der Waals surface area (Å²) in [7, 11) is 0. The molecule has 0 bridgehead atoms. The highest BCUT2D eigenvalue weighted by atomic mass is 32.1. The van der Waals surface area contributed by atoms with Crippen molar-refractivity contribution in [3.05, 3.63) is 22.4 Å². The summed E-state index contributed by atoms with van der Waals surface area (Å²) in [6, 6.07) is 4.23. The molecule has 2 nitrogen and oxygen atoms in total. The van der Waals surface area contributed by atoms with E-state index in [0.717, 1.165) is 13.1 Å². The Morgan fingerprint density at radius 3 is 3.21 bits per heavy atom. The zero-order chi connectivity index (χ0) is 9.80. The molecule has 0 spiro atoms. The highest BCUT2D eigenvalue weighted by molar-refractivity contribution is 7.10. The van der Waals surface area contributed by atoms with Crippen LogP contribution in [0.2, 0.25) is 0 Å². The summed E-state index contributed by atoms with van der Waals surface area (Å²) >= 11 is 1.77. The summed E-state index contributed by atoms with van der Waals surface area (Å²) in [5, 5.41) is 5.47. The molecule has 1 saturated heterocycles. The minimum absolute atomic E-state index is 0.250. The molecule has 0 saturated carbocycles. The van der Waals surface area contributed by atoms with Crippen molar-refractivity contribution in [1.29, 1.82) is 0 Å². The molecular formula is C11H17NOS. The average Bonchev–Trinajstić information content (AvgIpc) is 2.72. The third-order valence-corrected chi connectivity index (χ3v) is 3.63. The first-order chi connectivity index (χ1) is 6.86. The third kappa shape index (κ3) is 2.56. The molecule has 3 heteroatoms. The van der Waals surface area contributed by atoms with E-state index < -0.39 is 0 Å². The van der Waals surface area contributed by atoms with Crippen LogP contribution in [0.25, 0.3) is 0 Å². The maximum Gasteiger partial charge on any atom is 0.0893 e. The van der Waals surface area contributed by atoms with Crippen LogP contribution in [0.3, 0.4) is 0 Å². The molecule has 1 fully saturated rings. The third-order valence-electron chi connectivity index (χ3n) is 2.59. The molecule has 1 aromatic rings. The Bertz CT molecular complexity index is 254. The Balaban J connectivity index is 1.84. The second kappa shape index (κ2) is 4.91. The molecule has 1 aromatic heterocycles. The minimum Gasteiger partial charge on any atom is -0.368 e. The lowest BCUT2D eigenvalue weighted by atomic mass is 10.1. The quantitative estimate of drug-likeness (QED) is 0.829. The second-order valence-corrected chi connectivity index (χ2v) is 4.74. The van der Waals surface area contributed by atoms with Crippen molar-refractivity contribution in [3.8, 4) is 0 Å². The Hall–Kier alpha value is -0.380. The first-order valence-corrected chi connectivity index (χ1v) is 6.14. The smallest absolute Gasteiger partial charge is 0.0893 e. The van der Waals surface area contributed by atoms with Gasteiger partial charge in [-0.25, -0.2) is 0 Å². The van der Waals surface area contributed by atoms with Gasteiger partial charge in [0.2, 0.25) is 0 Å². The van der Waals surface area contributed by atoms with Crippen LogP contribution in [-0.4, -0.2) is 19.2 Å². The van der Waals surface area contributed by atoms with E-state index in [0.29, 0.717) is 6.10 Å². The minimum atomic E-state index is 0.250. The average molecular weight is 211 g/mol. The Kier molecular flexibility index (Phi) is 3.56. The van der Waals surface area contributed by atoms with Crippen LogP contribution in [0.15, 0.2) is 17.5 Å². The van der Waals surface area contributed by atoms with E-state index in [1.54, 1.807) is 11.3 Å². The SMILES string of the molecule is C[C@@H](O[C@@H]1CCCNC1)c1cccs1. The van der Waals surface area contributed by atoms with E-state index in [2.05, 4.69) is 29.8 Å². The molecule has 0 radical (unpaired) electrons. The zero-order valence-corrected chi connectivity index (χ0v) is 9.35. The van der Waals surface area contributed by atoms with Gasteiger partial charge in [-0.3, -0.25) is 0 Å². The van der Waals surface area contributed by atoms with Crippen molar-refractivity contribution in [2.75, 3.05) is 13.1 Å². The van der Waals surface area contributed by atoms with Gasteiger partial charge in [-0.15, -0.1) is 11.3 Å². The highest BCUT2D eigenvalue weighted by Gasteiger charge is 2.17. The molecule has 0 amide bonds. The van der Waals surface area contributed by atoms with Crippen molar-refractivity contribution in [2.45, 2.75) is 32.0 Å². The molecule has 78 valence electrons. The van der Waals surface area contributed by atoms with Crippen molar-refractivity contribution in [3.63, 3.8) is 0 Å². The van der Waals surface area contributed by atoms with Crippen molar-refractivity contribution in [1.82, 2.24) is 5.32 Å². The molecule has 0 aromatic carbocycles. The van der Waals surface area contributed by atoms with Gasteiger partial charge in [-0.2, -0.15) is 0 Å². The normalized spacial score (nSPS) is 24.8. The molecule has 1 N–H and O–H groups in total. The predicted octanol–water partition coefficient (Wildman–Crippen LogP) is 2.58. The van der Waals surface area contributed by atoms with Crippen LogP contribution in [0.5, 0.6) is 0 Å². The number of thiophene rings is 1. The number of hydrogen-bond acceptors (Lipinski definition) is 3. The monoisotopic (exact) mass is 211 g/mol. The molecular weight excluding hydrogens is 194 g/mol. The van der Waals surface area contributed by atoms with Crippen LogP contribution < -0.4 is 5.32 Å². The molecule has 1 aliphatic heterocycles. The summed E-state index contributed by atoms with van der Waals surface area (Å²) in [4.78, 5) is 1.33. The van der Waals surface area contributed by atoms with Crippen LogP contribution >= 0.6 is 11.3 Å². The van der Waals surface area contributed by atoms with Gasteiger partial charge in [-0.1, -0.05) is 6.07 Å². The van der Waals surface area contributed by atoms with Crippen molar-refractivity contribution in [2.24, 2.45) is 0 Å². The highest BCUT2D eigenvalue weighted by Crippen LogP contribution is 2.24. The first-order valence-electron chi connectivity index (χ1n) is 5.26. The standard InChI is InChI=1S/C11H17NOS/c1-9(11-5-3-7-14-11)13-10-4-2-6-12-8-10/h3,5,7,9-10,12H,2,4,6,8H2,1H3/t9-,10-/m1/s1. The number of ether oxygens (including phenoxy) is 1. The molecule has 0 unspecified atom stereocenters. The summed E-state index contributed by atoms with van der Waals surface area (Å²) in [5.41, 5.74) is 0. The summed E-state index contributed by atoms with van der Waals surface area (Å²) in [5.74, 6) is 0. The zero-order valence-electron chi connectivity index (χ0n) is 8.53. The molecule has 2 atom stereocenters. The second-order valence-electron chi connectivity index (χ2n) is 3.76.